The number of pyridine rings is 1. The summed E-state index contributed by atoms with van der Waals surface area (Å²) in [5.74, 6) is 0.488. The zero-order chi connectivity index (χ0) is 13.0. The van der Waals surface area contributed by atoms with Crippen molar-refractivity contribution in [1.29, 1.82) is 0 Å². The Morgan fingerprint density at radius 3 is 2.63 bits per heavy atom. The Hall–Kier alpha value is -1.63. The van der Waals surface area contributed by atoms with Crippen molar-refractivity contribution in [1.82, 2.24) is 0 Å². The number of ether oxygens (including phenoxy) is 1. The summed E-state index contributed by atoms with van der Waals surface area (Å²) in [5, 5.41) is 2.83. The summed E-state index contributed by atoms with van der Waals surface area (Å²) in [7, 11) is 3.45. The van der Waals surface area contributed by atoms with E-state index in [0.717, 1.165) is 0 Å². The number of aromatic nitrogens is 1. The van der Waals surface area contributed by atoms with Crippen LogP contribution in [0.15, 0.2) is 48.8 Å². The standard InChI is InChI=1S/C14H14N2O2.HI/c1-16-9-5-6-11(10-16)14(17)15-12-7-3-4-8-13(12)18-2;/h3-10H,1-2H3;1H. The van der Waals surface area contributed by atoms with E-state index in [1.54, 1.807) is 31.5 Å². The second kappa shape index (κ2) is 7.08. The molecule has 0 aliphatic carbocycles. The maximum atomic E-state index is 12.1. The van der Waals surface area contributed by atoms with Crippen LogP contribution in [0.25, 0.3) is 0 Å². The molecule has 5 heteroatoms. The summed E-state index contributed by atoms with van der Waals surface area (Å²) in [6.07, 6.45) is 3.64. The molecule has 0 unspecified atom stereocenters. The number of carbonyl (C=O) groups is 1. The van der Waals surface area contributed by atoms with E-state index in [0.29, 0.717) is 17.0 Å². The molecule has 0 fully saturated rings. The SMILES string of the molecule is COc1ccccc1NC(=O)c1ccc[n+](C)c1.[I-]. The first-order valence-corrected chi connectivity index (χ1v) is 5.60. The molecule has 2 aromatic rings. The summed E-state index contributed by atoms with van der Waals surface area (Å²) in [6.45, 7) is 0. The molecule has 4 nitrogen and oxygen atoms in total. The first-order valence-electron chi connectivity index (χ1n) is 5.60. The lowest BCUT2D eigenvalue weighted by Crippen LogP contribution is -3.00. The van der Waals surface area contributed by atoms with Gasteiger partial charge in [-0.05, 0) is 18.2 Å². The molecule has 0 spiro atoms. The minimum absolute atomic E-state index is 0. The normalized spacial score (nSPS) is 9.37. The van der Waals surface area contributed by atoms with Crippen LogP contribution in [0.4, 0.5) is 5.69 Å². The topological polar surface area (TPSA) is 42.2 Å². The molecular formula is C14H15IN2O2. The fourth-order valence-corrected chi connectivity index (χ4v) is 1.66. The lowest BCUT2D eigenvalue weighted by molar-refractivity contribution is -0.671. The second-order valence-corrected chi connectivity index (χ2v) is 3.91. The van der Waals surface area contributed by atoms with Crippen molar-refractivity contribution < 1.29 is 38.1 Å². The van der Waals surface area contributed by atoms with Crippen LogP contribution in [-0.4, -0.2) is 13.0 Å². The van der Waals surface area contributed by atoms with Crippen LogP contribution in [0.1, 0.15) is 10.4 Å². The Morgan fingerprint density at radius 2 is 1.95 bits per heavy atom. The van der Waals surface area contributed by atoms with E-state index >= 15 is 0 Å². The minimum atomic E-state index is -0.157. The minimum Gasteiger partial charge on any atom is -1.00 e. The maximum absolute atomic E-state index is 12.1. The number of hydrogen-bond acceptors (Lipinski definition) is 2. The van der Waals surface area contributed by atoms with E-state index < -0.39 is 0 Å². The van der Waals surface area contributed by atoms with Gasteiger partial charge < -0.3 is 34.0 Å². The Morgan fingerprint density at radius 1 is 1.21 bits per heavy atom. The smallest absolute Gasteiger partial charge is 0.261 e. The molecule has 19 heavy (non-hydrogen) atoms. The molecule has 0 saturated heterocycles. The van der Waals surface area contributed by atoms with Gasteiger partial charge in [0.15, 0.2) is 12.4 Å². The van der Waals surface area contributed by atoms with Gasteiger partial charge in [0, 0.05) is 6.07 Å². The highest BCUT2D eigenvalue weighted by atomic mass is 127. The number of nitrogens with zero attached hydrogens (tertiary/aromatic N) is 1. The average Bonchev–Trinajstić information content (AvgIpc) is 2.39. The van der Waals surface area contributed by atoms with Gasteiger partial charge in [-0.3, -0.25) is 4.79 Å². The maximum Gasteiger partial charge on any atom is 0.261 e. The predicted molar refractivity (Wildman–Crippen MR) is 68.6 cm³/mol. The quantitative estimate of drug-likeness (QED) is 0.544. The van der Waals surface area contributed by atoms with Crippen LogP contribution in [0.5, 0.6) is 5.75 Å². The van der Waals surface area contributed by atoms with Gasteiger partial charge in [0.25, 0.3) is 5.91 Å². The van der Waals surface area contributed by atoms with Crippen molar-refractivity contribution in [3.8, 4) is 5.75 Å². The fourth-order valence-electron chi connectivity index (χ4n) is 1.66. The first kappa shape index (κ1) is 15.4. The van der Waals surface area contributed by atoms with Gasteiger partial charge in [0.2, 0.25) is 0 Å². The molecule has 0 aliphatic rings. The van der Waals surface area contributed by atoms with Crippen molar-refractivity contribution in [2.75, 3.05) is 12.4 Å². The van der Waals surface area contributed by atoms with Crippen molar-refractivity contribution in [2.24, 2.45) is 7.05 Å². The number of carbonyl (C=O) groups excluding carboxylic acids is 1. The average molecular weight is 370 g/mol. The highest BCUT2D eigenvalue weighted by Crippen LogP contribution is 2.23. The van der Waals surface area contributed by atoms with Crippen LogP contribution in [0.3, 0.4) is 0 Å². The van der Waals surface area contributed by atoms with Crippen molar-refractivity contribution in [3.05, 3.63) is 54.4 Å². The molecule has 0 atom stereocenters. The van der Waals surface area contributed by atoms with Crippen molar-refractivity contribution in [3.63, 3.8) is 0 Å². The van der Waals surface area contributed by atoms with Gasteiger partial charge in [-0.25, -0.2) is 4.57 Å². The van der Waals surface area contributed by atoms with Crippen molar-refractivity contribution in [2.45, 2.75) is 0 Å². The zero-order valence-corrected chi connectivity index (χ0v) is 12.9. The van der Waals surface area contributed by atoms with E-state index in [1.807, 2.05) is 36.0 Å². The summed E-state index contributed by atoms with van der Waals surface area (Å²) in [5.41, 5.74) is 1.27. The molecule has 0 saturated carbocycles. The Labute approximate surface area is 129 Å². The molecule has 1 heterocycles. The van der Waals surface area contributed by atoms with Gasteiger partial charge in [-0.15, -0.1) is 0 Å². The third-order valence-corrected chi connectivity index (χ3v) is 2.56. The highest BCUT2D eigenvalue weighted by Gasteiger charge is 2.11. The number of amides is 1. The Bertz CT molecular complexity index is 573. The number of aryl methyl sites for hydroxylation is 1. The van der Waals surface area contributed by atoms with Crippen molar-refractivity contribution >= 4 is 11.6 Å². The third kappa shape index (κ3) is 3.92. The van der Waals surface area contributed by atoms with E-state index in [2.05, 4.69) is 5.32 Å². The van der Waals surface area contributed by atoms with Gasteiger partial charge >= 0.3 is 0 Å². The van der Waals surface area contributed by atoms with E-state index in [9.17, 15) is 4.79 Å². The lowest BCUT2D eigenvalue weighted by Gasteiger charge is -2.09. The number of benzene rings is 1. The molecule has 0 aliphatic heterocycles. The molecular weight excluding hydrogens is 355 g/mol. The largest absolute Gasteiger partial charge is 1.00 e. The molecule has 0 bridgehead atoms. The molecule has 1 aromatic carbocycles. The number of methoxy groups -OCH3 is 1. The number of rotatable bonds is 3. The first-order chi connectivity index (χ1) is 8.70. The van der Waals surface area contributed by atoms with Gasteiger partial charge in [0.05, 0.1) is 12.8 Å². The number of anilines is 1. The molecule has 0 radical (unpaired) electrons. The highest BCUT2D eigenvalue weighted by molar-refractivity contribution is 6.04. The fraction of sp³-hybridized carbons (Fsp3) is 0.143. The van der Waals surface area contributed by atoms with Crippen LogP contribution in [0.2, 0.25) is 0 Å². The zero-order valence-electron chi connectivity index (χ0n) is 10.8. The summed E-state index contributed by atoms with van der Waals surface area (Å²) in [6, 6.07) is 10.9. The van der Waals surface area contributed by atoms with Crippen LogP contribution >= 0.6 is 0 Å². The van der Waals surface area contributed by atoms with E-state index in [4.69, 9.17) is 4.74 Å². The predicted octanol–water partition coefficient (Wildman–Crippen LogP) is -1.22. The summed E-state index contributed by atoms with van der Waals surface area (Å²) < 4.78 is 7.02. The molecule has 1 N–H and O–H groups in total. The lowest BCUT2D eigenvalue weighted by atomic mass is 10.2. The van der Waals surface area contributed by atoms with Gasteiger partial charge in [0.1, 0.15) is 18.4 Å². The van der Waals surface area contributed by atoms with E-state index in [-0.39, 0.29) is 29.9 Å². The van der Waals surface area contributed by atoms with Crippen LogP contribution in [0, 0.1) is 0 Å². The monoisotopic (exact) mass is 370 g/mol. The number of para-hydroxylation sites is 2. The Kier molecular flexibility index (Phi) is 5.75. The number of nitrogens with one attached hydrogen (secondary N) is 1. The summed E-state index contributed by atoms with van der Waals surface area (Å²) >= 11 is 0. The summed E-state index contributed by atoms with van der Waals surface area (Å²) in [4.78, 5) is 12.1. The number of halogens is 1. The van der Waals surface area contributed by atoms with Gasteiger partial charge in [-0.1, -0.05) is 12.1 Å². The number of hydrogen-bond donors (Lipinski definition) is 1. The van der Waals surface area contributed by atoms with E-state index in [1.165, 1.54) is 0 Å². The molecule has 1 aromatic heterocycles. The molecule has 2 rings (SSSR count). The molecule has 1 amide bonds. The van der Waals surface area contributed by atoms with Crippen LogP contribution in [-0.2, 0) is 7.05 Å². The third-order valence-electron chi connectivity index (χ3n) is 2.56. The Balaban J connectivity index is 0.00000180. The van der Waals surface area contributed by atoms with Gasteiger partial charge in [-0.2, -0.15) is 0 Å². The molecule has 100 valence electrons. The van der Waals surface area contributed by atoms with Crippen LogP contribution < -0.4 is 38.6 Å². The second-order valence-electron chi connectivity index (χ2n) is 3.91.